The minimum atomic E-state index is -0.587. The monoisotopic (exact) mass is 439 g/mol. The summed E-state index contributed by atoms with van der Waals surface area (Å²) >= 11 is 1.25. The molecule has 5 rings (SSSR count). The number of benzene rings is 1. The van der Waals surface area contributed by atoms with Crippen molar-refractivity contribution >= 4 is 21.6 Å². The van der Waals surface area contributed by atoms with E-state index in [-0.39, 0.29) is 6.54 Å². The molecule has 1 fully saturated rings. The molecule has 0 atom stereocenters. The van der Waals surface area contributed by atoms with Crippen LogP contribution in [-0.4, -0.2) is 14.1 Å². The maximum Gasteiger partial charge on any atom is 0.336 e. The van der Waals surface area contributed by atoms with Crippen molar-refractivity contribution in [1.29, 1.82) is 10.5 Å². The molecule has 4 aromatic rings. The third kappa shape index (κ3) is 3.13. The zero-order chi connectivity index (χ0) is 22.5. The van der Waals surface area contributed by atoms with Crippen LogP contribution in [0, 0.1) is 35.0 Å². The van der Waals surface area contributed by atoms with Crippen molar-refractivity contribution in [3.63, 3.8) is 0 Å². The van der Waals surface area contributed by atoms with E-state index in [1.807, 2.05) is 19.1 Å². The van der Waals surface area contributed by atoms with E-state index in [0.717, 1.165) is 27.8 Å². The number of hydrogen-bond acceptors (Lipinski definition) is 6. The fourth-order valence-corrected chi connectivity index (χ4v) is 5.01. The molecular weight excluding hydrogens is 422 g/mol. The van der Waals surface area contributed by atoms with Gasteiger partial charge in [-0.25, -0.2) is 9.36 Å². The number of nitrogens with zero attached hydrogens (tertiary/aromatic N) is 5. The fourth-order valence-electron chi connectivity index (χ4n) is 3.88. The van der Waals surface area contributed by atoms with Crippen molar-refractivity contribution in [1.82, 2.24) is 14.1 Å². The lowest BCUT2D eigenvalue weighted by molar-refractivity contribution is 0.513. The zero-order valence-corrected chi connectivity index (χ0v) is 18.0. The van der Waals surface area contributed by atoms with E-state index in [1.54, 1.807) is 30.5 Å². The largest absolute Gasteiger partial charge is 0.336 e. The van der Waals surface area contributed by atoms with Gasteiger partial charge in [-0.1, -0.05) is 18.2 Å². The Hall–Kier alpha value is -4.01. The van der Waals surface area contributed by atoms with Gasteiger partial charge in [0.2, 0.25) is 0 Å². The Morgan fingerprint density at radius 2 is 1.94 bits per heavy atom. The summed E-state index contributed by atoms with van der Waals surface area (Å²) in [5, 5.41) is 19.1. The molecule has 0 spiro atoms. The second-order valence-corrected chi connectivity index (χ2v) is 9.16. The highest BCUT2D eigenvalue weighted by Crippen LogP contribution is 2.46. The summed E-state index contributed by atoms with van der Waals surface area (Å²) in [5.74, 6) is 0. The highest BCUT2D eigenvalue weighted by molar-refractivity contribution is 7.22. The molecule has 0 saturated heterocycles. The number of hydrogen-bond donors (Lipinski definition) is 0. The molecular formula is C24H17N5O2S. The Balaban J connectivity index is 1.84. The molecule has 1 aliphatic carbocycles. The summed E-state index contributed by atoms with van der Waals surface area (Å²) in [6, 6.07) is 15.2. The number of thiophene rings is 1. The predicted molar refractivity (Wildman–Crippen MR) is 122 cm³/mol. The van der Waals surface area contributed by atoms with Crippen molar-refractivity contribution in [3.8, 4) is 28.3 Å². The summed E-state index contributed by atoms with van der Waals surface area (Å²) in [7, 11) is 0. The van der Waals surface area contributed by atoms with Crippen LogP contribution in [0.4, 0.5) is 0 Å². The van der Waals surface area contributed by atoms with Gasteiger partial charge in [-0.15, -0.1) is 11.3 Å². The Kier molecular flexibility index (Phi) is 4.54. The van der Waals surface area contributed by atoms with Crippen molar-refractivity contribution < 1.29 is 0 Å². The number of nitriles is 2. The van der Waals surface area contributed by atoms with Crippen molar-refractivity contribution in [2.24, 2.45) is 5.41 Å². The Bertz CT molecular complexity index is 1590. The summed E-state index contributed by atoms with van der Waals surface area (Å²) in [6.07, 6.45) is 4.58. The van der Waals surface area contributed by atoms with E-state index < -0.39 is 16.7 Å². The second-order valence-electron chi connectivity index (χ2n) is 8.10. The van der Waals surface area contributed by atoms with Crippen molar-refractivity contribution in [2.45, 2.75) is 26.3 Å². The van der Waals surface area contributed by atoms with Crippen LogP contribution in [0.15, 0.2) is 58.4 Å². The molecule has 156 valence electrons. The lowest BCUT2D eigenvalue weighted by Crippen LogP contribution is -2.39. The van der Waals surface area contributed by atoms with E-state index in [4.69, 9.17) is 0 Å². The van der Waals surface area contributed by atoms with E-state index in [1.165, 1.54) is 22.1 Å². The van der Waals surface area contributed by atoms with Gasteiger partial charge in [0.05, 0.1) is 40.5 Å². The van der Waals surface area contributed by atoms with Gasteiger partial charge >= 0.3 is 5.69 Å². The molecule has 0 unspecified atom stereocenters. The van der Waals surface area contributed by atoms with E-state index >= 15 is 0 Å². The van der Waals surface area contributed by atoms with Crippen molar-refractivity contribution in [3.05, 3.63) is 80.8 Å². The molecule has 0 bridgehead atoms. The summed E-state index contributed by atoms with van der Waals surface area (Å²) < 4.78 is 3.07. The first-order valence-electron chi connectivity index (χ1n) is 10.1. The smallest absolute Gasteiger partial charge is 0.290 e. The standard InChI is InChI=1S/C24H17N5O2S/c1-15-8-17(12-27-11-15)29-22(30)21-19(28(23(29)31)14-24(13-26)6-7-24)9-20(32-21)18-5-3-2-4-16(18)10-25/h2-5,8-9,11-12H,6-7,14H2,1H3. The van der Waals surface area contributed by atoms with Gasteiger partial charge in [-0.3, -0.25) is 14.3 Å². The van der Waals surface area contributed by atoms with Crippen LogP contribution in [0.3, 0.4) is 0 Å². The zero-order valence-electron chi connectivity index (χ0n) is 17.2. The van der Waals surface area contributed by atoms with Crippen LogP contribution < -0.4 is 11.2 Å². The quantitative estimate of drug-likeness (QED) is 0.481. The molecule has 3 heterocycles. The Labute approximate surface area is 187 Å². The fraction of sp³-hybridized carbons (Fsp3) is 0.208. The van der Waals surface area contributed by atoms with Crippen LogP contribution in [0.1, 0.15) is 24.0 Å². The molecule has 32 heavy (non-hydrogen) atoms. The molecule has 1 aliphatic rings. The molecule has 7 nitrogen and oxygen atoms in total. The molecule has 0 aliphatic heterocycles. The molecule has 1 saturated carbocycles. The molecule has 1 aromatic carbocycles. The lowest BCUT2D eigenvalue weighted by atomic mass is 10.1. The van der Waals surface area contributed by atoms with Gasteiger partial charge in [0.15, 0.2) is 0 Å². The second kappa shape index (κ2) is 7.30. The van der Waals surface area contributed by atoms with Gasteiger partial charge in [-0.2, -0.15) is 10.5 Å². The average Bonchev–Trinajstić information content (AvgIpc) is 3.44. The van der Waals surface area contributed by atoms with E-state index in [0.29, 0.717) is 27.0 Å². The van der Waals surface area contributed by atoms with Crippen LogP contribution in [0.5, 0.6) is 0 Å². The van der Waals surface area contributed by atoms with E-state index in [2.05, 4.69) is 17.1 Å². The highest BCUT2D eigenvalue weighted by atomic mass is 32.1. The van der Waals surface area contributed by atoms with Gasteiger partial charge in [-0.05, 0) is 43.5 Å². The SMILES string of the molecule is Cc1cncc(-n2c(=O)c3sc(-c4ccccc4C#N)cc3n(CC3(C#N)CC3)c2=O)c1. The Morgan fingerprint density at radius 1 is 1.16 bits per heavy atom. The summed E-state index contributed by atoms with van der Waals surface area (Å²) in [4.78, 5) is 31.9. The lowest BCUT2D eigenvalue weighted by Gasteiger charge is -2.14. The third-order valence-corrected chi connectivity index (χ3v) is 6.95. The Morgan fingerprint density at radius 3 is 2.62 bits per heavy atom. The average molecular weight is 440 g/mol. The minimum absolute atomic E-state index is 0.217. The van der Waals surface area contributed by atoms with Gasteiger partial charge in [0, 0.05) is 23.2 Å². The summed E-state index contributed by atoms with van der Waals surface area (Å²) in [5.41, 5.74) is 1.40. The molecule has 0 radical (unpaired) electrons. The van der Waals surface area contributed by atoms with Gasteiger partial charge in [0.1, 0.15) is 4.70 Å². The number of rotatable bonds is 4. The highest BCUT2D eigenvalue weighted by Gasteiger charge is 2.44. The normalized spacial score (nSPS) is 14.1. The van der Waals surface area contributed by atoms with Crippen LogP contribution >= 0.6 is 11.3 Å². The number of fused-ring (bicyclic) bond motifs is 1. The first-order chi connectivity index (χ1) is 15.5. The topological polar surface area (TPSA) is 104 Å². The van der Waals surface area contributed by atoms with E-state index in [9.17, 15) is 20.1 Å². The van der Waals surface area contributed by atoms with Crippen molar-refractivity contribution in [2.75, 3.05) is 0 Å². The first-order valence-corrected chi connectivity index (χ1v) is 10.9. The molecule has 8 heteroatoms. The van der Waals surface area contributed by atoms with Gasteiger partial charge in [0.25, 0.3) is 5.56 Å². The predicted octanol–water partition coefficient (Wildman–Crippen LogP) is 3.76. The third-order valence-electron chi connectivity index (χ3n) is 5.81. The first kappa shape index (κ1) is 19.9. The molecule has 3 aromatic heterocycles. The number of aromatic nitrogens is 3. The maximum atomic E-state index is 13.5. The number of pyridine rings is 1. The summed E-state index contributed by atoms with van der Waals surface area (Å²) in [6.45, 7) is 2.06. The maximum absolute atomic E-state index is 13.5. The van der Waals surface area contributed by atoms with Crippen LogP contribution in [0.25, 0.3) is 26.3 Å². The molecule has 0 amide bonds. The minimum Gasteiger partial charge on any atom is -0.290 e. The number of aryl methyl sites for hydroxylation is 1. The van der Waals surface area contributed by atoms with Gasteiger partial charge < -0.3 is 0 Å². The molecule has 0 N–H and O–H groups in total. The van der Waals surface area contributed by atoms with Crippen LogP contribution in [0.2, 0.25) is 0 Å². The van der Waals surface area contributed by atoms with Crippen LogP contribution in [-0.2, 0) is 6.54 Å².